The molecule has 0 radical (unpaired) electrons. The number of phenolic OH excluding ortho intramolecular Hbond substituents is 1. The van der Waals surface area contributed by atoms with Gasteiger partial charge in [0, 0.05) is 11.1 Å². The zero-order valence-electron chi connectivity index (χ0n) is 12.2. The van der Waals surface area contributed by atoms with Gasteiger partial charge >= 0.3 is 11.7 Å². The highest BCUT2D eigenvalue weighted by molar-refractivity contribution is 6.31. The molecule has 0 aliphatic carbocycles. The molecule has 0 aliphatic rings. The number of hydrogen-bond donors (Lipinski definition) is 2. The molecule has 1 atom stereocenters. The molecule has 120 valence electrons. The minimum Gasteiger partial charge on any atom is -0.502 e. The molecular weight excluding hydrogens is 322 g/mol. The van der Waals surface area contributed by atoms with Crippen LogP contribution < -0.4 is 0 Å². The Morgan fingerprint density at radius 2 is 2.00 bits per heavy atom. The molecule has 1 unspecified atom stereocenters. The predicted octanol–water partition coefficient (Wildman–Crippen LogP) is 3.67. The van der Waals surface area contributed by atoms with Crippen LogP contribution in [0.5, 0.6) is 5.75 Å². The number of aliphatic carboxylic acids is 1. The number of carboxylic acids is 1. The minimum atomic E-state index is -1.05. The second-order valence-corrected chi connectivity index (χ2v) is 5.59. The van der Waals surface area contributed by atoms with Gasteiger partial charge in [0.2, 0.25) is 0 Å². The first kappa shape index (κ1) is 16.8. The Kier molecular flexibility index (Phi) is 4.86. The summed E-state index contributed by atoms with van der Waals surface area (Å²) in [6.07, 6.45) is 0.0514. The first-order valence-corrected chi connectivity index (χ1v) is 7.12. The molecule has 0 aliphatic heterocycles. The first-order valence-electron chi connectivity index (χ1n) is 6.74. The molecule has 2 aromatic carbocycles. The third-order valence-electron chi connectivity index (χ3n) is 3.57. The molecule has 0 fully saturated rings. The zero-order valence-corrected chi connectivity index (χ0v) is 12.9. The Morgan fingerprint density at radius 3 is 2.57 bits per heavy atom. The van der Waals surface area contributed by atoms with Crippen molar-refractivity contribution in [2.45, 2.75) is 19.3 Å². The highest BCUT2D eigenvalue weighted by Gasteiger charge is 2.23. The number of nitro groups is 1. The summed E-state index contributed by atoms with van der Waals surface area (Å²) < 4.78 is 0. The van der Waals surface area contributed by atoms with Crippen LogP contribution in [0.2, 0.25) is 5.02 Å². The molecule has 0 spiro atoms. The molecule has 2 N–H and O–H groups in total. The molecule has 0 saturated carbocycles. The molecule has 0 heterocycles. The Bertz CT molecular complexity index is 775. The van der Waals surface area contributed by atoms with E-state index in [4.69, 9.17) is 11.6 Å². The van der Waals surface area contributed by atoms with Crippen LogP contribution in [0.4, 0.5) is 5.69 Å². The van der Waals surface area contributed by atoms with Crippen molar-refractivity contribution in [1.29, 1.82) is 0 Å². The highest BCUT2D eigenvalue weighted by Crippen LogP contribution is 2.30. The van der Waals surface area contributed by atoms with E-state index in [0.29, 0.717) is 16.1 Å². The fraction of sp³-hybridized carbons (Fsp3) is 0.188. The number of aryl methyl sites for hydroxylation is 1. The lowest BCUT2D eigenvalue weighted by atomic mass is 9.91. The zero-order chi connectivity index (χ0) is 17.1. The number of aromatic hydroxyl groups is 1. The van der Waals surface area contributed by atoms with Crippen molar-refractivity contribution in [2.75, 3.05) is 0 Å². The van der Waals surface area contributed by atoms with Gasteiger partial charge in [-0.2, -0.15) is 0 Å². The number of carbonyl (C=O) groups is 1. The molecule has 7 heteroatoms. The number of rotatable bonds is 5. The lowest BCUT2D eigenvalue weighted by molar-refractivity contribution is -0.385. The summed E-state index contributed by atoms with van der Waals surface area (Å²) in [5.74, 6) is -2.40. The fourth-order valence-corrected chi connectivity index (χ4v) is 2.44. The molecule has 0 amide bonds. The molecule has 2 aromatic rings. The Balaban J connectivity index is 2.37. The van der Waals surface area contributed by atoms with Gasteiger partial charge in [-0.3, -0.25) is 14.9 Å². The Labute approximate surface area is 137 Å². The van der Waals surface area contributed by atoms with Crippen LogP contribution in [-0.2, 0) is 11.2 Å². The lowest BCUT2D eigenvalue weighted by Gasteiger charge is -2.14. The Morgan fingerprint density at radius 1 is 1.30 bits per heavy atom. The highest BCUT2D eigenvalue weighted by atomic mass is 35.5. The monoisotopic (exact) mass is 335 g/mol. The fourth-order valence-electron chi connectivity index (χ4n) is 2.25. The van der Waals surface area contributed by atoms with Crippen molar-refractivity contribution in [3.05, 3.63) is 68.2 Å². The summed E-state index contributed by atoms with van der Waals surface area (Å²) in [5.41, 5.74) is 1.34. The van der Waals surface area contributed by atoms with Crippen molar-refractivity contribution in [3.8, 4) is 5.75 Å². The van der Waals surface area contributed by atoms with Gasteiger partial charge < -0.3 is 10.2 Å². The second kappa shape index (κ2) is 6.66. The van der Waals surface area contributed by atoms with Crippen LogP contribution in [0.25, 0.3) is 0 Å². The van der Waals surface area contributed by atoms with Gasteiger partial charge in [0.1, 0.15) is 0 Å². The van der Waals surface area contributed by atoms with E-state index < -0.39 is 28.2 Å². The quantitative estimate of drug-likeness (QED) is 0.641. The van der Waals surface area contributed by atoms with E-state index >= 15 is 0 Å². The topological polar surface area (TPSA) is 101 Å². The van der Waals surface area contributed by atoms with Gasteiger partial charge in [0.05, 0.1) is 10.8 Å². The lowest BCUT2D eigenvalue weighted by Crippen LogP contribution is -2.14. The van der Waals surface area contributed by atoms with Gasteiger partial charge in [-0.05, 0) is 42.2 Å². The van der Waals surface area contributed by atoms with E-state index in [1.54, 1.807) is 18.2 Å². The number of nitro benzene ring substituents is 1. The van der Waals surface area contributed by atoms with E-state index in [1.807, 2.05) is 6.92 Å². The van der Waals surface area contributed by atoms with Crippen LogP contribution >= 0.6 is 11.6 Å². The maximum atomic E-state index is 11.6. The van der Waals surface area contributed by atoms with Crippen molar-refractivity contribution in [2.24, 2.45) is 0 Å². The van der Waals surface area contributed by atoms with Gasteiger partial charge in [-0.25, -0.2) is 0 Å². The summed E-state index contributed by atoms with van der Waals surface area (Å²) in [6.45, 7) is 1.81. The molecule has 0 aromatic heterocycles. The molecule has 0 saturated heterocycles. The molecular formula is C16H14ClNO5. The molecule has 6 nitrogen and oxygen atoms in total. The van der Waals surface area contributed by atoms with E-state index in [1.165, 1.54) is 18.2 Å². The summed E-state index contributed by atoms with van der Waals surface area (Å²) in [6, 6.07) is 8.83. The van der Waals surface area contributed by atoms with Gasteiger partial charge in [0.15, 0.2) is 5.75 Å². The molecule has 2 rings (SSSR count). The number of phenols is 1. The SMILES string of the molecule is Cc1ccc(C(Cc2ccc(O)c([N+](=O)[O-])c2)C(=O)O)cc1Cl. The maximum absolute atomic E-state index is 11.6. The van der Waals surface area contributed by atoms with E-state index in [2.05, 4.69) is 0 Å². The predicted molar refractivity (Wildman–Crippen MR) is 85.0 cm³/mol. The van der Waals surface area contributed by atoms with Crippen LogP contribution in [0, 0.1) is 17.0 Å². The van der Waals surface area contributed by atoms with Gasteiger partial charge in [0.25, 0.3) is 0 Å². The Hall–Kier alpha value is -2.60. The standard InChI is InChI=1S/C16H14ClNO5/c1-9-2-4-11(8-13(9)17)12(16(20)21)6-10-3-5-15(19)14(7-10)18(22)23/h2-5,7-8,12,19H,6H2,1H3,(H,20,21). The number of nitrogens with zero attached hydrogens (tertiary/aromatic N) is 1. The molecule has 23 heavy (non-hydrogen) atoms. The van der Waals surface area contributed by atoms with Crippen LogP contribution in [-0.4, -0.2) is 21.1 Å². The van der Waals surface area contributed by atoms with Crippen LogP contribution in [0.3, 0.4) is 0 Å². The van der Waals surface area contributed by atoms with Gasteiger partial charge in [-0.1, -0.05) is 29.8 Å². The molecule has 0 bridgehead atoms. The minimum absolute atomic E-state index is 0.0514. The third kappa shape index (κ3) is 3.78. The first-order chi connectivity index (χ1) is 10.8. The van der Waals surface area contributed by atoms with E-state index in [-0.39, 0.29) is 6.42 Å². The second-order valence-electron chi connectivity index (χ2n) is 5.18. The normalized spacial score (nSPS) is 11.9. The summed E-state index contributed by atoms with van der Waals surface area (Å²) >= 11 is 6.04. The van der Waals surface area contributed by atoms with E-state index in [0.717, 1.165) is 5.56 Å². The summed E-state index contributed by atoms with van der Waals surface area (Å²) in [4.78, 5) is 21.7. The number of halogens is 1. The third-order valence-corrected chi connectivity index (χ3v) is 3.98. The maximum Gasteiger partial charge on any atom is 0.311 e. The summed E-state index contributed by atoms with van der Waals surface area (Å²) in [7, 11) is 0. The van der Waals surface area contributed by atoms with Crippen molar-refractivity contribution in [1.82, 2.24) is 0 Å². The van der Waals surface area contributed by atoms with Crippen LogP contribution in [0.1, 0.15) is 22.6 Å². The van der Waals surface area contributed by atoms with E-state index in [9.17, 15) is 25.1 Å². The largest absolute Gasteiger partial charge is 0.502 e. The number of benzene rings is 2. The number of hydrogen-bond acceptors (Lipinski definition) is 4. The smallest absolute Gasteiger partial charge is 0.311 e. The summed E-state index contributed by atoms with van der Waals surface area (Å²) in [5, 5.41) is 30.2. The number of carboxylic acid groups (broad SMARTS) is 1. The van der Waals surface area contributed by atoms with Crippen molar-refractivity contribution < 1.29 is 19.9 Å². The van der Waals surface area contributed by atoms with Crippen molar-refractivity contribution >= 4 is 23.3 Å². The van der Waals surface area contributed by atoms with Gasteiger partial charge in [-0.15, -0.1) is 0 Å². The average molecular weight is 336 g/mol. The average Bonchev–Trinajstić information content (AvgIpc) is 2.48. The van der Waals surface area contributed by atoms with Crippen molar-refractivity contribution in [3.63, 3.8) is 0 Å². The van der Waals surface area contributed by atoms with Crippen LogP contribution in [0.15, 0.2) is 36.4 Å².